The van der Waals surface area contributed by atoms with Crippen LogP contribution in [-0.4, -0.2) is 48.1 Å². The van der Waals surface area contributed by atoms with Gasteiger partial charge in [-0.1, -0.05) is 13.8 Å². The maximum Gasteiger partial charge on any atom is 0.283 e. The molecule has 11 heteroatoms. The van der Waals surface area contributed by atoms with Gasteiger partial charge in [0.1, 0.15) is 17.6 Å². The smallest absolute Gasteiger partial charge is 0.283 e. The molecule has 1 aliphatic carbocycles. The van der Waals surface area contributed by atoms with E-state index in [-0.39, 0.29) is 35.1 Å². The predicted octanol–water partition coefficient (Wildman–Crippen LogP) is 4.08. The molecule has 1 amide bonds. The number of carbonyl (C=O) groups excluding carboxylic acids is 1. The number of aromatic nitrogens is 3. The van der Waals surface area contributed by atoms with Gasteiger partial charge in [-0.2, -0.15) is 18.8 Å². The van der Waals surface area contributed by atoms with Crippen LogP contribution in [0.25, 0.3) is 11.1 Å². The van der Waals surface area contributed by atoms with Crippen LogP contribution >= 0.6 is 0 Å². The Morgan fingerprint density at radius 1 is 1.24 bits per heavy atom. The summed E-state index contributed by atoms with van der Waals surface area (Å²) in [6.07, 6.45) is 2.98. The molecule has 200 valence electrons. The van der Waals surface area contributed by atoms with E-state index in [2.05, 4.69) is 14.8 Å². The largest absolute Gasteiger partial charge is 0.301 e. The van der Waals surface area contributed by atoms with Crippen molar-refractivity contribution in [3.05, 3.63) is 64.9 Å². The van der Waals surface area contributed by atoms with Gasteiger partial charge in [0.15, 0.2) is 5.03 Å². The van der Waals surface area contributed by atoms with Gasteiger partial charge in [-0.05, 0) is 86.3 Å². The molecule has 38 heavy (non-hydrogen) atoms. The van der Waals surface area contributed by atoms with Crippen molar-refractivity contribution in [2.24, 2.45) is 0 Å². The summed E-state index contributed by atoms with van der Waals surface area (Å²) in [4.78, 5) is 19.1. The first-order valence-corrected chi connectivity index (χ1v) is 13.9. The minimum Gasteiger partial charge on any atom is -0.301 e. The Labute approximate surface area is 222 Å². The maximum atomic E-state index is 14.6. The van der Waals surface area contributed by atoms with Crippen LogP contribution in [0.1, 0.15) is 74.1 Å². The van der Waals surface area contributed by atoms with Crippen LogP contribution in [0.2, 0.25) is 0 Å². The van der Waals surface area contributed by atoms with Crippen LogP contribution < -0.4 is 4.72 Å². The van der Waals surface area contributed by atoms with Gasteiger partial charge in [0.2, 0.25) is 5.91 Å². The normalized spacial score (nSPS) is 14.5. The number of hydrogen-bond donors (Lipinski definition) is 1. The van der Waals surface area contributed by atoms with Crippen LogP contribution in [0, 0.1) is 17.1 Å². The average Bonchev–Trinajstić information content (AvgIpc) is 3.60. The van der Waals surface area contributed by atoms with Gasteiger partial charge >= 0.3 is 0 Å². The molecule has 0 spiro atoms. The fraction of sp³-hybridized carbons (Fsp3) is 0.407. The molecule has 3 aromatic rings. The second-order valence-corrected chi connectivity index (χ2v) is 11.8. The second-order valence-electron chi connectivity index (χ2n) is 10.1. The minimum absolute atomic E-state index is 0.0724. The Kier molecular flexibility index (Phi) is 7.67. The van der Waals surface area contributed by atoms with E-state index in [1.165, 1.54) is 30.5 Å². The van der Waals surface area contributed by atoms with E-state index in [1.807, 2.05) is 45.8 Å². The summed E-state index contributed by atoms with van der Waals surface area (Å²) >= 11 is 0. The molecule has 4 rings (SSSR count). The predicted molar refractivity (Wildman–Crippen MR) is 140 cm³/mol. The molecule has 1 saturated carbocycles. The number of halogens is 1. The quantitative estimate of drug-likeness (QED) is 0.436. The van der Waals surface area contributed by atoms with E-state index < -0.39 is 21.7 Å². The van der Waals surface area contributed by atoms with Gasteiger partial charge < -0.3 is 4.90 Å². The molecule has 1 atom stereocenters. The third kappa shape index (κ3) is 5.76. The Bertz CT molecular complexity index is 1520. The van der Waals surface area contributed by atoms with E-state index in [1.54, 1.807) is 10.7 Å². The number of rotatable bonds is 9. The number of sulfonamides is 1. The number of nitrogens with zero attached hydrogens (tertiary/aromatic N) is 5. The lowest BCUT2D eigenvalue weighted by Gasteiger charge is -2.20. The summed E-state index contributed by atoms with van der Waals surface area (Å²) in [7, 11) is -0.448. The van der Waals surface area contributed by atoms with Crippen LogP contribution in [0.4, 0.5) is 4.39 Å². The van der Waals surface area contributed by atoms with Gasteiger partial charge in [0.05, 0.1) is 18.2 Å². The number of carbonyl (C=O) groups is 1. The lowest BCUT2D eigenvalue weighted by atomic mass is 9.88. The lowest BCUT2D eigenvalue weighted by Crippen LogP contribution is -2.32. The zero-order valence-corrected chi connectivity index (χ0v) is 22.9. The summed E-state index contributed by atoms with van der Waals surface area (Å²) in [5, 5.41) is 13.4. The molecule has 2 heterocycles. The highest BCUT2D eigenvalue weighted by Crippen LogP contribution is 2.38. The van der Waals surface area contributed by atoms with Crippen molar-refractivity contribution in [2.75, 3.05) is 14.1 Å². The molecule has 1 unspecified atom stereocenters. The van der Waals surface area contributed by atoms with Gasteiger partial charge in [-0.15, -0.1) is 0 Å². The molecule has 0 radical (unpaired) electrons. The Balaban J connectivity index is 1.68. The van der Waals surface area contributed by atoms with E-state index >= 15 is 0 Å². The van der Waals surface area contributed by atoms with Crippen LogP contribution in [0.3, 0.4) is 0 Å². The molecular weight excluding hydrogens is 507 g/mol. The van der Waals surface area contributed by atoms with Crippen LogP contribution in [-0.2, 0) is 21.2 Å². The van der Waals surface area contributed by atoms with Crippen molar-refractivity contribution in [1.82, 2.24) is 24.4 Å². The standard InChI is InChI=1S/C27H31FN6O3S/c1-16(2)22-11-19(28)12-23(18-8-9-30-20(10-18)15-29)24(22)13-26(35)32-38(36,37)27-14-25(17(3)33(4)5)34(31-27)21-6-7-21/h8-12,14,16-17,21H,6-7,13H2,1-5H3,(H,32,35). The molecule has 0 aliphatic heterocycles. The zero-order chi connectivity index (χ0) is 27.8. The summed E-state index contributed by atoms with van der Waals surface area (Å²) in [6, 6.07) is 9.32. The highest BCUT2D eigenvalue weighted by Gasteiger charge is 2.33. The molecule has 1 fully saturated rings. The van der Waals surface area contributed by atoms with Crippen LogP contribution in [0.15, 0.2) is 41.6 Å². The number of nitriles is 1. The fourth-order valence-corrected chi connectivity index (χ4v) is 5.34. The van der Waals surface area contributed by atoms with Gasteiger partial charge in [0.25, 0.3) is 10.0 Å². The molecule has 0 saturated heterocycles. The first-order chi connectivity index (χ1) is 17.9. The van der Waals surface area contributed by atoms with Crippen molar-refractivity contribution in [1.29, 1.82) is 5.26 Å². The first-order valence-electron chi connectivity index (χ1n) is 12.4. The third-order valence-electron chi connectivity index (χ3n) is 6.76. The average molecular weight is 539 g/mol. The topological polar surface area (TPSA) is 121 Å². The van der Waals surface area contributed by atoms with E-state index in [4.69, 9.17) is 0 Å². The number of amides is 1. The van der Waals surface area contributed by atoms with Crippen molar-refractivity contribution in [3.63, 3.8) is 0 Å². The Morgan fingerprint density at radius 3 is 2.55 bits per heavy atom. The van der Waals surface area contributed by atoms with E-state index in [9.17, 15) is 22.9 Å². The Hall–Kier alpha value is -3.62. The van der Waals surface area contributed by atoms with Crippen molar-refractivity contribution in [2.45, 2.75) is 63.1 Å². The fourth-order valence-electron chi connectivity index (χ4n) is 4.39. The summed E-state index contributed by atoms with van der Waals surface area (Å²) < 4.78 is 44.9. The van der Waals surface area contributed by atoms with Gasteiger partial charge in [-0.3, -0.25) is 9.48 Å². The summed E-state index contributed by atoms with van der Waals surface area (Å²) in [5.41, 5.74) is 2.87. The number of nitrogens with one attached hydrogen (secondary N) is 1. The number of hydrogen-bond acceptors (Lipinski definition) is 7. The SMILES string of the molecule is CC(C)c1cc(F)cc(-c2ccnc(C#N)c2)c1CC(=O)NS(=O)(=O)c1cc(C(C)N(C)C)n(C2CC2)n1. The maximum absolute atomic E-state index is 14.6. The van der Waals surface area contributed by atoms with Crippen molar-refractivity contribution >= 4 is 15.9 Å². The van der Waals surface area contributed by atoms with E-state index in [0.29, 0.717) is 22.3 Å². The summed E-state index contributed by atoms with van der Waals surface area (Å²) in [6.45, 7) is 5.69. The van der Waals surface area contributed by atoms with Crippen molar-refractivity contribution < 1.29 is 17.6 Å². The Morgan fingerprint density at radius 2 is 1.95 bits per heavy atom. The highest BCUT2D eigenvalue weighted by molar-refractivity contribution is 7.90. The van der Waals surface area contributed by atoms with Crippen molar-refractivity contribution in [3.8, 4) is 17.2 Å². The highest BCUT2D eigenvalue weighted by atomic mass is 32.2. The third-order valence-corrected chi connectivity index (χ3v) is 8.00. The molecular formula is C27H31FN6O3S. The van der Waals surface area contributed by atoms with E-state index in [0.717, 1.165) is 18.5 Å². The minimum atomic E-state index is -4.25. The van der Waals surface area contributed by atoms with Crippen LogP contribution in [0.5, 0.6) is 0 Å². The number of pyridine rings is 1. The lowest BCUT2D eigenvalue weighted by molar-refractivity contribution is -0.118. The number of benzene rings is 1. The van der Waals surface area contributed by atoms with Gasteiger partial charge in [-0.25, -0.2) is 14.1 Å². The molecule has 2 aromatic heterocycles. The first kappa shape index (κ1) is 27.4. The zero-order valence-electron chi connectivity index (χ0n) is 22.1. The second kappa shape index (κ2) is 10.6. The van der Waals surface area contributed by atoms with Gasteiger partial charge in [0, 0.05) is 18.3 Å². The molecule has 9 nitrogen and oxygen atoms in total. The molecule has 0 bridgehead atoms. The molecule has 1 N–H and O–H groups in total. The summed E-state index contributed by atoms with van der Waals surface area (Å²) in [5.74, 6) is -1.41. The molecule has 1 aliphatic rings. The molecule has 1 aromatic carbocycles. The monoisotopic (exact) mass is 538 g/mol.